The summed E-state index contributed by atoms with van der Waals surface area (Å²) in [4.78, 5) is 7.35. The van der Waals surface area contributed by atoms with E-state index < -0.39 is 0 Å². The van der Waals surface area contributed by atoms with Gasteiger partial charge in [0.05, 0.1) is 25.5 Å². The Morgan fingerprint density at radius 1 is 1.14 bits per heavy atom. The molecule has 2 rings (SSSR count). The molecule has 7 nitrogen and oxygen atoms in total. The largest absolute Gasteiger partial charge is 0.379 e. The first-order valence-corrected chi connectivity index (χ1v) is 10.3. The quantitative estimate of drug-likeness (QED) is 0.322. The zero-order chi connectivity index (χ0) is 19.9. The maximum absolute atomic E-state index is 5.49. The fourth-order valence-electron chi connectivity index (χ4n) is 3.65. The molecular weight excluding hydrogens is 467 g/mol. The lowest BCUT2D eigenvalue weighted by atomic mass is 10.0. The number of nitrogens with one attached hydrogen (secondary N) is 2. The van der Waals surface area contributed by atoms with Crippen LogP contribution in [0, 0.1) is 0 Å². The molecule has 0 spiro atoms. The average Bonchev–Trinajstić information content (AvgIpc) is 2.99. The van der Waals surface area contributed by atoms with E-state index in [-0.39, 0.29) is 29.5 Å². The first-order chi connectivity index (χ1) is 12.9. The molecule has 0 amide bonds. The first kappa shape index (κ1) is 25.2. The highest BCUT2D eigenvalue weighted by atomic mass is 127. The maximum atomic E-state index is 5.49. The van der Waals surface area contributed by atoms with Crippen molar-refractivity contribution in [2.24, 2.45) is 12.0 Å². The van der Waals surface area contributed by atoms with Crippen LogP contribution in [0.1, 0.15) is 51.6 Å². The fourth-order valence-corrected chi connectivity index (χ4v) is 3.65. The van der Waals surface area contributed by atoms with E-state index >= 15 is 0 Å². The number of halogens is 1. The van der Waals surface area contributed by atoms with E-state index in [0.29, 0.717) is 6.54 Å². The molecule has 8 heteroatoms. The van der Waals surface area contributed by atoms with Gasteiger partial charge in [0.2, 0.25) is 0 Å². The lowest BCUT2D eigenvalue weighted by Gasteiger charge is -2.41. The summed E-state index contributed by atoms with van der Waals surface area (Å²) >= 11 is 0. The van der Waals surface area contributed by atoms with Gasteiger partial charge in [-0.25, -0.2) is 4.99 Å². The molecular formula is C20H39IN6O. The molecule has 2 heterocycles. The van der Waals surface area contributed by atoms with E-state index in [0.717, 1.165) is 63.9 Å². The zero-order valence-corrected chi connectivity index (χ0v) is 20.8. The molecule has 162 valence electrons. The van der Waals surface area contributed by atoms with Crippen molar-refractivity contribution in [1.29, 1.82) is 0 Å². The lowest BCUT2D eigenvalue weighted by molar-refractivity contribution is -0.00834. The summed E-state index contributed by atoms with van der Waals surface area (Å²) in [5.41, 5.74) is 3.76. The standard InChI is InChI=1S/C20H38N6O.HI/c1-7-17-16(18(8-2)25(6)24-17)14-22-19(21-9-3)23-15-20(4,5)26-10-12-27-13-11-26;/h7-15H2,1-6H3,(H2,21,22,23);1H. The number of guanidine groups is 1. The minimum Gasteiger partial charge on any atom is -0.379 e. The molecule has 1 aromatic rings. The van der Waals surface area contributed by atoms with Crippen molar-refractivity contribution in [3.8, 4) is 0 Å². The van der Waals surface area contributed by atoms with Gasteiger partial charge in [-0.1, -0.05) is 13.8 Å². The molecule has 28 heavy (non-hydrogen) atoms. The number of aliphatic imine (C=N–C) groups is 1. The normalized spacial score (nSPS) is 16.0. The number of morpholine rings is 1. The van der Waals surface area contributed by atoms with Gasteiger partial charge in [0.15, 0.2) is 5.96 Å². The Labute approximate surface area is 187 Å². The van der Waals surface area contributed by atoms with Gasteiger partial charge in [0, 0.05) is 50.0 Å². The van der Waals surface area contributed by atoms with Gasteiger partial charge in [0.25, 0.3) is 0 Å². The van der Waals surface area contributed by atoms with Crippen LogP contribution >= 0.6 is 24.0 Å². The predicted octanol–water partition coefficient (Wildman–Crippen LogP) is 2.33. The summed E-state index contributed by atoms with van der Waals surface area (Å²) in [6, 6.07) is 0. The van der Waals surface area contributed by atoms with Gasteiger partial charge < -0.3 is 15.4 Å². The summed E-state index contributed by atoms with van der Waals surface area (Å²) in [7, 11) is 2.03. The topological polar surface area (TPSA) is 66.7 Å². The Bertz CT molecular complexity index is 622. The van der Waals surface area contributed by atoms with Crippen molar-refractivity contribution in [3.63, 3.8) is 0 Å². The number of ether oxygens (including phenoxy) is 1. The van der Waals surface area contributed by atoms with Gasteiger partial charge >= 0.3 is 0 Å². The summed E-state index contributed by atoms with van der Waals surface area (Å²) in [5, 5.41) is 11.6. The molecule has 1 aliphatic heterocycles. The third-order valence-electron chi connectivity index (χ3n) is 5.32. The van der Waals surface area contributed by atoms with Crippen molar-refractivity contribution < 1.29 is 4.74 Å². The minimum atomic E-state index is 0. The summed E-state index contributed by atoms with van der Waals surface area (Å²) in [6.45, 7) is 16.9. The molecule has 0 radical (unpaired) electrons. The monoisotopic (exact) mass is 506 g/mol. The zero-order valence-electron chi connectivity index (χ0n) is 18.5. The molecule has 0 aliphatic carbocycles. The van der Waals surface area contributed by atoms with E-state index in [2.05, 4.69) is 55.3 Å². The van der Waals surface area contributed by atoms with E-state index in [9.17, 15) is 0 Å². The Morgan fingerprint density at radius 2 is 1.82 bits per heavy atom. The molecule has 0 saturated carbocycles. The third-order valence-corrected chi connectivity index (χ3v) is 5.32. The number of aryl methyl sites for hydroxylation is 2. The van der Waals surface area contributed by atoms with Crippen LogP contribution in [0.3, 0.4) is 0 Å². The van der Waals surface area contributed by atoms with Crippen LogP contribution in [0.5, 0.6) is 0 Å². The van der Waals surface area contributed by atoms with E-state index in [1.165, 1.54) is 11.3 Å². The van der Waals surface area contributed by atoms with Crippen molar-refractivity contribution in [1.82, 2.24) is 25.3 Å². The van der Waals surface area contributed by atoms with Crippen molar-refractivity contribution in [2.75, 3.05) is 39.4 Å². The van der Waals surface area contributed by atoms with Crippen LogP contribution in [0.2, 0.25) is 0 Å². The minimum absolute atomic E-state index is 0. The Balaban J connectivity index is 0.00000392. The third kappa shape index (κ3) is 6.59. The molecule has 0 bridgehead atoms. The fraction of sp³-hybridized carbons (Fsp3) is 0.800. The van der Waals surface area contributed by atoms with Crippen LogP contribution in [0.15, 0.2) is 4.99 Å². The first-order valence-electron chi connectivity index (χ1n) is 10.3. The predicted molar refractivity (Wildman–Crippen MR) is 127 cm³/mol. The highest BCUT2D eigenvalue weighted by molar-refractivity contribution is 14.0. The summed E-state index contributed by atoms with van der Waals surface area (Å²) in [5.74, 6) is 0.867. The van der Waals surface area contributed by atoms with Crippen molar-refractivity contribution in [3.05, 3.63) is 17.0 Å². The highest BCUT2D eigenvalue weighted by Gasteiger charge is 2.28. The van der Waals surface area contributed by atoms with Gasteiger partial charge in [-0.15, -0.1) is 24.0 Å². The highest BCUT2D eigenvalue weighted by Crippen LogP contribution is 2.17. The van der Waals surface area contributed by atoms with E-state index in [4.69, 9.17) is 9.73 Å². The van der Waals surface area contributed by atoms with Gasteiger partial charge in [0.1, 0.15) is 0 Å². The van der Waals surface area contributed by atoms with Crippen LogP contribution in [0.25, 0.3) is 0 Å². The van der Waals surface area contributed by atoms with Gasteiger partial charge in [-0.2, -0.15) is 5.10 Å². The van der Waals surface area contributed by atoms with Gasteiger partial charge in [-0.3, -0.25) is 9.58 Å². The summed E-state index contributed by atoms with van der Waals surface area (Å²) in [6.07, 6.45) is 1.91. The van der Waals surface area contributed by atoms with Crippen LogP contribution in [0.4, 0.5) is 0 Å². The van der Waals surface area contributed by atoms with Gasteiger partial charge in [-0.05, 0) is 33.6 Å². The van der Waals surface area contributed by atoms with Crippen LogP contribution in [-0.2, 0) is 31.2 Å². The number of aromatic nitrogens is 2. The molecule has 1 saturated heterocycles. The van der Waals surface area contributed by atoms with Crippen molar-refractivity contribution in [2.45, 2.75) is 59.5 Å². The summed E-state index contributed by atoms with van der Waals surface area (Å²) < 4.78 is 7.49. The SMILES string of the molecule is CCNC(=NCc1c(CC)nn(C)c1CC)NCC(C)(C)N1CCOCC1.I. The molecule has 1 aliphatic rings. The number of hydrogen-bond acceptors (Lipinski definition) is 4. The Kier molecular flexibility index (Phi) is 10.8. The number of hydrogen-bond donors (Lipinski definition) is 2. The van der Waals surface area contributed by atoms with E-state index in [1.807, 2.05) is 11.7 Å². The van der Waals surface area contributed by atoms with Crippen molar-refractivity contribution >= 4 is 29.9 Å². The number of nitrogens with zero attached hydrogens (tertiary/aromatic N) is 4. The molecule has 0 atom stereocenters. The number of rotatable bonds is 8. The Morgan fingerprint density at radius 3 is 2.39 bits per heavy atom. The maximum Gasteiger partial charge on any atom is 0.191 e. The molecule has 0 aromatic carbocycles. The Hall–Kier alpha value is -0.870. The molecule has 2 N–H and O–H groups in total. The molecule has 1 fully saturated rings. The average molecular weight is 506 g/mol. The van der Waals surface area contributed by atoms with Crippen LogP contribution < -0.4 is 10.6 Å². The second-order valence-corrected chi connectivity index (χ2v) is 7.66. The van der Waals surface area contributed by atoms with E-state index in [1.54, 1.807) is 0 Å². The smallest absolute Gasteiger partial charge is 0.191 e. The second kappa shape index (κ2) is 12.0. The lowest BCUT2D eigenvalue weighted by Crippen LogP contribution is -2.56. The molecule has 0 unspecified atom stereocenters. The van der Waals surface area contributed by atoms with Crippen LogP contribution in [-0.4, -0.2) is 65.6 Å². The second-order valence-electron chi connectivity index (χ2n) is 7.66. The molecule has 1 aromatic heterocycles.